The molecule has 2 aliphatic heterocycles. The third kappa shape index (κ3) is 5.15. The van der Waals surface area contributed by atoms with Crippen LogP contribution in [0.5, 0.6) is 0 Å². The zero-order chi connectivity index (χ0) is 47.1. The Morgan fingerprint density at radius 1 is 0.457 bits per heavy atom. The van der Waals surface area contributed by atoms with Gasteiger partial charge in [-0.05, 0) is 144 Å². The number of nitrogens with zero attached hydrogens (tertiary/aromatic N) is 1. The van der Waals surface area contributed by atoms with E-state index in [0.717, 1.165) is 11.4 Å². The average molecular weight is 916 g/mol. The summed E-state index contributed by atoms with van der Waals surface area (Å²) < 4.78 is 2.62. The molecule has 70 heavy (non-hydrogen) atoms. The van der Waals surface area contributed by atoms with Crippen molar-refractivity contribution in [2.45, 2.75) is 76.0 Å². The fraction of sp³-hybridized carbons (Fsp3) is 0.182. The van der Waals surface area contributed by atoms with Crippen LogP contribution in [-0.4, -0.2) is 7.28 Å². The zero-order valence-corrected chi connectivity index (χ0v) is 41.4. The highest BCUT2D eigenvalue weighted by atomic mass is 32.1. The maximum absolute atomic E-state index is 4.17. The predicted octanol–water partition coefficient (Wildman–Crippen LogP) is 16.2. The van der Waals surface area contributed by atoms with Crippen LogP contribution in [-0.2, 0) is 21.7 Å². The molecular weight excluding hydrogens is 864 g/mol. The summed E-state index contributed by atoms with van der Waals surface area (Å²) in [6.45, 7) is 14.5. The first-order valence-electron chi connectivity index (χ1n) is 25.2. The number of rotatable bonds is 3. The third-order valence-electron chi connectivity index (χ3n) is 17.5. The Labute approximate surface area is 415 Å². The standard InChI is InChI=1S/C66H52BN2S/c1-63(2)32-33-64(3,4)54-34-38(30-31-50(54)63)68-56-37-43-41-20-7-11-22-47(41)65(5,6)53(43)36-44(56)45-35-46-42-21-10-16-29-58(42)70-62(46)61-59(45)67-55-27-17-26-52-60(55)69(61)57-28-15-14-25-51(57)66(52)48-23-12-8-18-39(48)40-19-9-13-24-49(40)66/h7-31,34-37,68H,32-33H2,1-6H3. The molecule has 5 aliphatic rings. The van der Waals surface area contributed by atoms with Gasteiger partial charge in [0.1, 0.15) is 0 Å². The molecule has 9 aromatic carbocycles. The molecule has 0 atom stereocenters. The van der Waals surface area contributed by atoms with Crippen molar-refractivity contribution in [3.05, 3.63) is 220 Å². The van der Waals surface area contributed by atoms with Gasteiger partial charge >= 0.3 is 0 Å². The molecule has 1 spiro atoms. The highest BCUT2D eigenvalue weighted by Crippen LogP contribution is 2.64. The van der Waals surface area contributed by atoms with Gasteiger partial charge in [-0.25, -0.2) is 0 Å². The second-order valence-corrected chi connectivity index (χ2v) is 23.6. The van der Waals surface area contributed by atoms with E-state index in [9.17, 15) is 0 Å². The minimum absolute atomic E-state index is 0.0869. The molecule has 1 aromatic heterocycles. The topological polar surface area (TPSA) is 15.3 Å². The van der Waals surface area contributed by atoms with Crippen molar-refractivity contribution in [1.82, 2.24) is 0 Å². The highest BCUT2D eigenvalue weighted by molar-refractivity contribution is 7.26. The molecular formula is C66H52BN2S. The smallest absolute Gasteiger partial charge is 0.197 e. The number of hydrogen-bond donors (Lipinski definition) is 1. The van der Waals surface area contributed by atoms with Gasteiger partial charge in [0.2, 0.25) is 0 Å². The summed E-state index contributed by atoms with van der Waals surface area (Å²) in [6.07, 6.45) is 2.37. The molecule has 0 bridgehead atoms. The first kappa shape index (κ1) is 40.7. The van der Waals surface area contributed by atoms with Gasteiger partial charge in [0.05, 0.1) is 21.5 Å². The average Bonchev–Trinajstić information content (AvgIpc) is 3.98. The number of anilines is 5. The van der Waals surface area contributed by atoms with Crippen LogP contribution in [0.1, 0.15) is 98.9 Å². The Balaban J connectivity index is 1.03. The Hall–Kier alpha value is -7.14. The SMILES string of the molecule is CC1(C)CCC(C)(C)c2cc(Nc3cc4c(cc3-c3cc5c(sc6ccccc65)c5c3[B]c3cccc6c3N5c3ccccc3C63c5ccccc5-c5ccccc53)C(C)(C)c3ccccc3-4)ccc21. The maximum atomic E-state index is 4.17. The van der Waals surface area contributed by atoms with E-state index < -0.39 is 5.41 Å². The number of nitrogens with one attached hydrogen (secondary N) is 1. The van der Waals surface area contributed by atoms with E-state index in [1.165, 1.54) is 139 Å². The minimum atomic E-state index is -0.482. The molecule has 10 aromatic rings. The van der Waals surface area contributed by atoms with E-state index in [-0.39, 0.29) is 16.2 Å². The maximum Gasteiger partial charge on any atom is 0.197 e. The third-order valence-corrected chi connectivity index (χ3v) is 18.7. The van der Waals surface area contributed by atoms with Crippen LogP contribution in [0.4, 0.5) is 28.4 Å². The lowest BCUT2D eigenvalue weighted by Gasteiger charge is -2.48. The van der Waals surface area contributed by atoms with E-state index in [4.69, 9.17) is 0 Å². The molecule has 0 saturated carbocycles. The van der Waals surface area contributed by atoms with Crippen molar-refractivity contribution in [2.24, 2.45) is 0 Å². The molecule has 0 amide bonds. The second-order valence-electron chi connectivity index (χ2n) is 22.5. The van der Waals surface area contributed by atoms with Gasteiger partial charge in [-0.2, -0.15) is 0 Å². The highest BCUT2D eigenvalue weighted by Gasteiger charge is 2.53. The van der Waals surface area contributed by atoms with Gasteiger partial charge in [-0.3, -0.25) is 0 Å². The fourth-order valence-electron chi connectivity index (χ4n) is 14.0. The lowest BCUT2D eigenvalue weighted by atomic mass is 9.54. The molecule has 0 saturated heterocycles. The summed E-state index contributed by atoms with van der Waals surface area (Å²) in [7, 11) is 2.54. The van der Waals surface area contributed by atoms with Gasteiger partial charge < -0.3 is 10.2 Å². The van der Waals surface area contributed by atoms with E-state index >= 15 is 0 Å². The molecule has 0 fully saturated rings. The molecule has 4 heteroatoms. The largest absolute Gasteiger partial charge is 0.355 e. The minimum Gasteiger partial charge on any atom is -0.355 e. The Kier molecular flexibility index (Phi) is 8.03. The number of para-hydroxylation sites is 2. The van der Waals surface area contributed by atoms with Gasteiger partial charge in [0.15, 0.2) is 7.28 Å². The summed E-state index contributed by atoms with van der Waals surface area (Å²) in [5.74, 6) is 0. The zero-order valence-electron chi connectivity index (χ0n) is 40.6. The molecule has 2 nitrogen and oxygen atoms in total. The Bertz CT molecular complexity index is 3910. The van der Waals surface area contributed by atoms with E-state index in [1.807, 2.05) is 11.3 Å². The molecule has 3 aliphatic carbocycles. The molecule has 15 rings (SSSR count). The van der Waals surface area contributed by atoms with Gasteiger partial charge in [-0.1, -0.05) is 180 Å². The van der Waals surface area contributed by atoms with Crippen LogP contribution in [0.15, 0.2) is 176 Å². The lowest BCUT2D eigenvalue weighted by molar-refractivity contribution is 0.332. The molecule has 0 unspecified atom stereocenters. The normalized spacial score (nSPS) is 17.1. The first-order chi connectivity index (χ1) is 33.9. The van der Waals surface area contributed by atoms with E-state index in [0.29, 0.717) is 0 Å². The van der Waals surface area contributed by atoms with Crippen LogP contribution in [0.25, 0.3) is 53.6 Å². The number of hydrogen-bond acceptors (Lipinski definition) is 3. The summed E-state index contributed by atoms with van der Waals surface area (Å²) >= 11 is 1.93. The van der Waals surface area contributed by atoms with Gasteiger partial charge in [0.25, 0.3) is 0 Å². The quantitative estimate of drug-likeness (QED) is 0.178. The number of fused-ring (bicyclic) bond motifs is 19. The molecule has 335 valence electrons. The van der Waals surface area contributed by atoms with Crippen molar-refractivity contribution in [2.75, 3.05) is 10.2 Å². The summed E-state index contributed by atoms with van der Waals surface area (Å²) in [5.41, 5.74) is 26.9. The summed E-state index contributed by atoms with van der Waals surface area (Å²) in [5, 5.41) is 6.76. The molecule has 1 N–H and O–H groups in total. The fourth-order valence-corrected chi connectivity index (χ4v) is 15.3. The van der Waals surface area contributed by atoms with Crippen LogP contribution in [0, 0.1) is 0 Å². The number of benzene rings is 9. The van der Waals surface area contributed by atoms with Crippen molar-refractivity contribution in [3.8, 4) is 33.4 Å². The Morgan fingerprint density at radius 3 is 1.84 bits per heavy atom. The Morgan fingerprint density at radius 2 is 1.09 bits per heavy atom. The van der Waals surface area contributed by atoms with E-state index in [2.05, 4.69) is 235 Å². The molecule has 3 heterocycles. The summed E-state index contributed by atoms with van der Waals surface area (Å²) in [4.78, 5) is 2.68. The second kappa shape index (κ2) is 13.8. The number of thiophene rings is 1. The first-order valence-corrected chi connectivity index (χ1v) is 26.0. The van der Waals surface area contributed by atoms with Crippen LogP contribution >= 0.6 is 11.3 Å². The monoisotopic (exact) mass is 915 g/mol. The van der Waals surface area contributed by atoms with Crippen molar-refractivity contribution in [3.63, 3.8) is 0 Å². The lowest BCUT2D eigenvalue weighted by Crippen LogP contribution is -2.47. The predicted molar refractivity (Wildman–Crippen MR) is 298 cm³/mol. The van der Waals surface area contributed by atoms with Gasteiger partial charge in [0, 0.05) is 43.5 Å². The van der Waals surface area contributed by atoms with Crippen LogP contribution < -0.4 is 21.1 Å². The molecule has 1 radical (unpaired) electrons. The van der Waals surface area contributed by atoms with Crippen molar-refractivity contribution in [1.29, 1.82) is 0 Å². The van der Waals surface area contributed by atoms with Crippen molar-refractivity contribution < 1.29 is 0 Å². The van der Waals surface area contributed by atoms with Gasteiger partial charge in [-0.15, -0.1) is 11.3 Å². The van der Waals surface area contributed by atoms with Crippen molar-refractivity contribution >= 4 is 78.2 Å². The van der Waals surface area contributed by atoms with Crippen LogP contribution in [0.2, 0.25) is 0 Å². The van der Waals surface area contributed by atoms with Crippen LogP contribution in [0.3, 0.4) is 0 Å². The van der Waals surface area contributed by atoms with E-state index in [1.54, 1.807) is 0 Å². The summed E-state index contributed by atoms with van der Waals surface area (Å²) in [6, 6.07) is 67.7.